The van der Waals surface area contributed by atoms with Crippen molar-refractivity contribution in [3.63, 3.8) is 0 Å². The van der Waals surface area contributed by atoms with Gasteiger partial charge >= 0.3 is 0 Å². The Hall–Kier alpha value is -0.830. The first kappa shape index (κ1) is 6.85. The first-order valence-electron chi connectivity index (χ1n) is 3.42. The Labute approximate surface area is 73.4 Å². The predicted molar refractivity (Wildman–Crippen MR) is 48.7 cm³/mol. The molecule has 1 aliphatic rings. The van der Waals surface area contributed by atoms with Gasteiger partial charge in [0.2, 0.25) is 0 Å². The van der Waals surface area contributed by atoms with Crippen LogP contribution in [0.2, 0.25) is 0 Å². The standard InChI is InChI=1S/C8H7BrN2/c9-8-7-4-2-1-3-6(7)5-10-11-8/h1-4,10H,5H2. The summed E-state index contributed by atoms with van der Waals surface area (Å²) < 4.78 is 0.888. The number of benzene rings is 1. The van der Waals surface area contributed by atoms with Gasteiger partial charge in [-0.1, -0.05) is 24.3 Å². The number of fused-ring (bicyclic) bond motifs is 1. The van der Waals surface area contributed by atoms with E-state index in [9.17, 15) is 0 Å². The Balaban J connectivity index is 2.56. The largest absolute Gasteiger partial charge is 0.305 e. The van der Waals surface area contributed by atoms with E-state index < -0.39 is 0 Å². The maximum absolute atomic E-state index is 4.05. The van der Waals surface area contributed by atoms with E-state index in [0.717, 1.165) is 11.2 Å². The molecule has 0 amide bonds. The fraction of sp³-hybridized carbons (Fsp3) is 0.125. The summed E-state index contributed by atoms with van der Waals surface area (Å²) in [5, 5.41) is 4.05. The van der Waals surface area contributed by atoms with Crippen LogP contribution in [0, 0.1) is 0 Å². The lowest BCUT2D eigenvalue weighted by Gasteiger charge is -2.12. The van der Waals surface area contributed by atoms with E-state index in [1.807, 2.05) is 12.1 Å². The average Bonchev–Trinajstić information content (AvgIpc) is 2.06. The van der Waals surface area contributed by atoms with Crippen molar-refractivity contribution in [1.82, 2.24) is 5.43 Å². The van der Waals surface area contributed by atoms with Gasteiger partial charge in [0.1, 0.15) is 4.62 Å². The first-order chi connectivity index (χ1) is 5.38. The van der Waals surface area contributed by atoms with E-state index >= 15 is 0 Å². The minimum atomic E-state index is 0.825. The van der Waals surface area contributed by atoms with Gasteiger partial charge in [0, 0.05) is 5.56 Å². The van der Waals surface area contributed by atoms with Crippen LogP contribution < -0.4 is 5.43 Å². The van der Waals surface area contributed by atoms with Gasteiger partial charge in [0.25, 0.3) is 0 Å². The molecule has 11 heavy (non-hydrogen) atoms. The van der Waals surface area contributed by atoms with Crippen LogP contribution in [0.4, 0.5) is 0 Å². The monoisotopic (exact) mass is 210 g/mol. The fourth-order valence-electron chi connectivity index (χ4n) is 1.13. The molecule has 2 rings (SSSR count). The molecule has 2 nitrogen and oxygen atoms in total. The molecule has 0 saturated carbocycles. The highest BCUT2D eigenvalue weighted by Crippen LogP contribution is 2.16. The van der Waals surface area contributed by atoms with Crippen molar-refractivity contribution in [3.8, 4) is 0 Å². The fourth-order valence-corrected chi connectivity index (χ4v) is 1.64. The molecule has 1 N–H and O–H groups in total. The Morgan fingerprint density at radius 3 is 3.00 bits per heavy atom. The summed E-state index contributed by atoms with van der Waals surface area (Å²) in [6, 6.07) is 8.20. The van der Waals surface area contributed by atoms with Crippen molar-refractivity contribution < 1.29 is 0 Å². The van der Waals surface area contributed by atoms with Gasteiger partial charge in [-0.2, -0.15) is 5.10 Å². The molecular formula is C8H7BrN2. The number of hydrogen-bond donors (Lipinski definition) is 1. The molecule has 0 bridgehead atoms. The Bertz CT molecular complexity index is 307. The van der Waals surface area contributed by atoms with Crippen LogP contribution in [-0.4, -0.2) is 4.62 Å². The number of hydrazone groups is 1. The number of nitrogens with zero attached hydrogens (tertiary/aromatic N) is 1. The third kappa shape index (κ3) is 1.16. The lowest BCUT2D eigenvalue weighted by atomic mass is 10.1. The third-order valence-corrected chi connectivity index (χ3v) is 2.29. The summed E-state index contributed by atoms with van der Waals surface area (Å²) in [5.41, 5.74) is 5.40. The molecule has 0 saturated heterocycles. The smallest absolute Gasteiger partial charge is 0.133 e. The zero-order chi connectivity index (χ0) is 7.68. The van der Waals surface area contributed by atoms with E-state index in [1.165, 1.54) is 11.1 Å². The quantitative estimate of drug-likeness (QED) is 0.695. The van der Waals surface area contributed by atoms with E-state index in [4.69, 9.17) is 0 Å². The van der Waals surface area contributed by atoms with Gasteiger partial charge in [-0.25, -0.2) is 0 Å². The number of nitrogens with one attached hydrogen (secondary N) is 1. The summed E-state index contributed by atoms with van der Waals surface area (Å²) in [6.45, 7) is 0.825. The van der Waals surface area contributed by atoms with Crippen molar-refractivity contribution in [3.05, 3.63) is 35.4 Å². The van der Waals surface area contributed by atoms with Gasteiger partial charge < -0.3 is 5.43 Å². The lowest BCUT2D eigenvalue weighted by Crippen LogP contribution is -2.16. The molecule has 0 aliphatic carbocycles. The zero-order valence-corrected chi connectivity index (χ0v) is 7.43. The molecule has 0 unspecified atom stereocenters. The second kappa shape index (κ2) is 2.66. The van der Waals surface area contributed by atoms with E-state index in [0.29, 0.717) is 0 Å². The van der Waals surface area contributed by atoms with Crippen molar-refractivity contribution in [2.24, 2.45) is 5.10 Å². The predicted octanol–water partition coefficient (Wildman–Crippen LogP) is 1.85. The molecule has 0 spiro atoms. The second-order valence-corrected chi connectivity index (χ2v) is 3.15. The van der Waals surface area contributed by atoms with Crippen LogP contribution in [0.5, 0.6) is 0 Å². The van der Waals surface area contributed by atoms with Gasteiger partial charge in [-0.15, -0.1) is 0 Å². The van der Waals surface area contributed by atoms with Crippen LogP contribution in [0.3, 0.4) is 0 Å². The summed E-state index contributed by atoms with van der Waals surface area (Å²) >= 11 is 3.37. The number of hydrogen-bond acceptors (Lipinski definition) is 2. The molecule has 1 heterocycles. The molecule has 1 aromatic carbocycles. The van der Waals surface area contributed by atoms with Crippen LogP contribution in [0.1, 0.15) is 11.1 Å². The van der Waals surface area contributed by atoms with Crippen molar-refractivity contribution >= 4 is 20.6 Å². The molecule has 0 radical (unpaired) electrons. The van der Waals surface area contributed by atoms with E-state index in [1.54, 1.807) is 0 Å². The Morgan fingerprint density at radius 1 is 1.36 bits per heavy atom. The molecule has 0 fully saturated rings. The van der Waals surface area contributed by atoms with Gasteiger partial charge in [-0.3, -0.25) is 0 Å². The van der Waals surface area contributed by atoms with E-state index in [2.05, 4.69) is 38.6 Å². The normalized spacial score (nSPS) is 14.8. The highest BCUT2D eigenvalue weighted by molar-refractivity contribution is 9.18. The lowest BCUT2D eigenvalue weighted by molar-refractivity contribution is 0.733. The first-order valence-corrected chi connectivity index (χ1v) is 4.21. The van der Waals surface area contributed by atoms with Crippen LogP contribution >= 0.6 is 15.9 Å². The van der Waals surface area contributed by atoms with Gasteiger partial charge in [-0.05, 0) is 21.5 Å². The molecule has 0 aromatic heterocycles. The average molecular weight is 211 g/mol. The summed E-state index contributed by atoms with van der Waals surface area (Å²) in [6.07, 6.45) is 0. The molecule has 56 valence electrons. The molecular weight excluding hydrogens is 204 g/mol. The third-order valence-electron chi connectivity index (χ3n) is 1.69. The zero-order valence-electron chi connectivity index (χ0n) is 5.84. The van der Waals surface area contributed by atoms with Crippen LogP contribution in [0.25, 0.3) is 0 Å². The maximum atomic E-state index is 4.05. The van der Waals surface area contributed by atoms with Gasteiger partial charge in [0.05, 0.1) is 6.54 Å². The van der Waals surface area contributed by atoms with Crippen molar-refractivity contribution in [2.45, 2.75) is 6.54 Å². The molecule has 0 atom stereocenters. The second-order valence-electron chi connectivity index (χ2n) is 2.39. The summed E-state index contributed by atoms with van der Waals surface area (Å²) in [4.78, 5) is 0. The Morgan fingerprint density at radius 2 is 2.18 bits per heavy atom. The minimum absolute atomic E-state index is 0.825. The summed E-state index contributed by atoms with van der Waals surface area (Å²) in [5.74, 6) is 0. The maximum Gasteiger partial charge on any atom is 0.133 e. The van der Waals surface area contributed by atoms with Crippen LogP contribution in [-0.2, 0) is 6.54 Å². The highest BCUT2D eigenvalue weighted by atomic mass is 79.9. The highest BCUT2D eigenvalue weighted by Gasteiger charge is 2.09. The van der Waals surface area contributed by atoms with Crippen LogP contribution in [0.15, 0.2) is 29.4 Å². The molecule has 1 aromatic rings. The minimum Gasteiger partial charge on any atom is -0.305 e. The Kier molecular flexibility index (Phi) is 1.66. The summed E-state index contributed by atoms with van der Waals surface area (Å²) in [7, 11) is 0. The number of halogens is 1. The van der Waals surface area contributed by atoms with Crippen molar-refractivity contribution in [2.75, 3.05) is 0 Å². The number of rotatable bonds is 0. The SMILES string of the molecule is BrC1=NNCc2ccccc21. The van der Waals surface area contributed by atoms with Crippen molar-refractivity contribution in [1.29, 1.82) is 0 Å². The molecule has 3 heteroatoms. The van der Waals surface area contributed by atoms with Gasteiger partial charge in [0.15, 0.2) is 0 Å². The topological polar surface area (TPSA) is 24.4 Å². The van der Waals surface area contributed by atoms with E-state index in [-0.39, 0.29) is 0 Å². The molecule has 1 aliphatic heterocycles.